The van der Waals surface area contributed by atoms with Crippen LogP contribution in [-0.2, 0) is 9.59 Å². The third-order valence-corrected chi connectivity index (χ3v) is 4.91. The zero-order valence-corrected chi connectivity index (χ0v) is 13.3. The second-order valence-electron chi connectivity index (χ2n) is 6.23. The number of Topliss-reactive ketones (excluding diaryl/α,β-unsaturated/α-hetero) is 2. The average molecular weight is 315 g/mol. The smallest absolute Gasteiger partial charge is 0.222 e. The van der Waals surface area contributed by atoms with Gasteiger partial charge < -0.3 is 9.64 Å². The predicted molar refractivity (Wildman–Crippen MR) is 84.4 cm³/mol. The number of nitrogens with zero attached hydrogens (tertiary/aromatic N) is 1. The lowest BCUT2D eigenvalue weighted by molar-refractivity contribution is -0.145. The fourth-order valence-electron chi connectivity index (χ4n) is 3.63. The number of ether oxygens (including phenoxy) is 1. The SMILES string of the molecule is COc1ccc(C(=O)CC2C(=O)CCN3C(=O)CCCC23)cc1. The molecule has 0 aliphatic carbocycles. The summed E-state index contributed by atoms with van der Waals surface area (Å²) in [5.74, 6) is 0.520. The Hall–Kier alpha value is -2.17. The summed E-state index contributed by atoms with van der Waals surface area (Å²) >= 11 is 0. The van der Waals surface area contributed by atoms with Crippen molar-refractivity contribution in [1.29, 1.82) is 0 Å². The minimum atomic E-state index is -0.359. The lowest BCUT2D eigenvalue weighted by Gasteiger charge is -2.43. The molecule has 0 radical (unpaired) electrons. The fraction of sp³-hybridized carbons (Fsp3) is 0.500. The molecule has 2 heterocycles. The zero-order valence-electron chi connectivity index (χ0n) is 13.3. The van der Waals surface area contributed by atoms with Crippen molar-refractivity contribution in [3.63, 3.8) is 0 Å². The van der Waals surface area contributed by atoms with Gasteiger partial charge in [-0.25, -0.2) is 0 Å². The summed E-state index contributed by atoms with van der Waals surface area (Å²) in [5.41, 5.74) is 0.581. The molecule has 2 aliphatic heterocycles. The largest absolute Gasteiger partial charge is 0.497 e. The van der Waals surface area contributed by atoms with E-state index < -0.39 is 0 Å². The first-order chi connectivity index (χ1) is 11.1. The Morgan fingerprint density at radius 2 is 1.96 bits per heavy atom. The molecule has 0 saturated carbocycles. The van der Waals surface area contributed by atoms with Crippen molar-refractivity contribution in [3.05, 3.63) is 29.8 Å². The highest BCUT2D eigenvalue weighted by molar-refractivity contribution is 5.99. The van der Waals surface area contributed by atoms with E-state index in [2.05, 4.69) is 0 Å². The van der Waals surface area contributed by atoms with E-state index in [9.17, 15) is 14.4 Å². The summed E-state index contributed by atoms with van der Waals surface area (Å²) in [4.78, 5) is 38.7. The number of fused-ring (bicyclic) bond motifs is 1. The van der Waals surface area contributed by atoms with Gasteiger partial charge in [-0.15, -0.1) is 0 Å². The van der Waals surface area contributed by atoms with Gasteiger partial charge in [0.05, 0.1) is 7.11 Å². The van der Waals surface area contributed by atoms with Crippen molar-refractivity contribution in [3.8, 4) is 5.75 Å². The number of hydrogen-bond acceptors (Lipinski definition) is 4. The molecule has 0 aromatic heterocycles. The summed E-state index contributed by atoms with van der Waals surface area (Å²) in [6.45, 7) is 0.509. The van der Waals surface area contributed by atoms with Crippen LogP contribution in [0.5, 0.6) is 5.75 Å². The van der Waals surface area contributed by atoms with E-state index in [1.165, 1.54) is 0 Å². The Morgan fingerprint density at radius 1 is 1.22 bits per heavy atom. The molecular weight excluding hydrogens is 294 g/mol. The topological polar surface area (TPSA) is 63.7 Å². The molecule has 2 atom stereocenters. The first-order valence-electron chi connectivity index (χ1n) is 8.09. The minimum Gasteiger partial charge on any atom is -0.497 e. The monoisotopic (exact) mass is 315 g/mol. The molecule has 122 valence electrons. The van der Waals surface area contributed by atoms with Gasteiger partial charge in [0.1, 0.15) is 11.5 Å². The van der Waals surface area contributed by atoms with Crippen molar-refractivity contribution in [1.82, 2.24) is 4.90 Å². The molecule has 2 unspecified atom stereocenters. The van der Waals surface area contributed by atoms with Crippen molar-refractivity contribution >= 4 is 17.5 Å². The van der Waals surface area contributed by atoms with Gasteiger partial charge in [-0.05, 0) is 37.1 Å². The Morgan fingerprint density at radius 3 is 2.65 bits per heavy atom. The number of hydrogen-bond donors (Lipinski definition) is 0. The quantitative estimate of drug-likeness (QED) is 0.799. The van der Waals surface area contributed by atoms with Crippen LogP contribution in [-0.4, -0.2) is 42.1 Å². The molecule has 0 bridgehead atoms. The fourth-order valence-corrected chi connectivity index (χ4v) is 3.63. The van der Waals surface area contributed by atoms with Gasteiger partial charge >= 0.3 is 0 Å². The summed E-state index contributed by atoms with van der Waals surface area (Å²) in [6, 6.07) is 6.83. The van der Waals surface area contributed by atoms with Crippen molar-refractivity contribution in [2.75, 3.05) is 13.7 Å². The van der Waals surface area contributed by atoms with Crippen molar-refractivity contribution < 1.29 is 19.1 Å². The molecule has 1 amide bonds. The zero-order chi connectivity index (χ0) is 16.4. The number of amides is 1. The van der Waals surface area contributed by atoms with E-state index in [4.69, 9.17) is 4.74 Å². The molecule has 0 spiro atoms. The standard InChI is InChI=1S/C18H21NO4/c1-23-13-7-5-12(6-8-13)17(21)11-14-15-3-2-4-18(22)19(15)10-9-16(14)20/h5-8,14-15H,2-4,9-11H2,1H3. The maximum Gasteiger partial charge on any atom is 0.222 e. The van der Waals surface area contributed by atoms with Crippen molar-refractivity contribution in [2.24, 2.45) is 5.92 Å². The highest BCUT2D eigenvalue weighted by atomic mass is 16.5. The normalized spacial score (nSPS) is 24.3. The van der Waals surface area contributed by atoms with Crippen LogP contribution in [0.15, 0.2) is 24.3 Å². The van der Waals surface area contributed by atoms with Gasteiger partial charge in [-0.2, -0.15) is 0 Å². The van der Waals surface area contributed by atoms with E-state index in [1.54, 1.807) is 31.4 Å². The van der Waals surface area contributed by atoms with Crippen LogP contribution in [0.3, 0.4) is 0 Å². The van der Waals surface area contributed by atoms with Gasteiger partial charge in [0.25, 0.3) is 0 Å². The first-order valence-corrected chi connectivity index (χ1v) is 8.09. The molecule has 1 aromatic rings. The number of rotatable bonds is 4. The van der Waals surface area contributed by atoms with Gasteiger partial charge in [-0.1, -0.05) is 0 Å². The predicted octanol–water partition coefficient (Wildman–Crippen LogP) is 2.24. The summed E-state index contributed by atoms with van der Waals surface area (Å²) in [6.07, 6.45) is 2.73. The molecule has 5 heteroatoms. The van der Waals surface area contributed by atoms with E-state index in [0.29, 0.717) is 30.7 Å². The average Bonchev–Trinajstić information content (AvgIpc) is 2.57. The Balaban J connectivity index is 1.74. The van der Waals surface area contributed by atoms with Crippen molar-refractivity contribution in [2.45, 2.75) is 38.1 Å². The van der Waals surface area contributed by atoms with Crippen LogP contribution in [0.1, 0.15) is 42.5 Å². The summed E-state index contributed by atoms with van der Waals surface area (Å²) < 4.78 is 5.09. The number of methoxy groups -OCH3 is 1. The van der Waals surface area contributed by atoms with Crippen LogP contribution in [0.2, 0.25) is 0 Å². The third-order valence-electron chi connectivity index (χ3n) is 4.91. The van der Waals surface area contributed by atoms with Gasteiger partial charge in [-0.3, -0.25) is 14.4 Å². The molecule has 1 aromatic carbocycles. The van der Waals surface area contributed by atoms with Crippen LogP contribution >= 0.6 is 0 Å². The van der Waals surface area contributed by atoms with Crippen LogP contribution in [0.4, 0.5) is 0 Å². The lowest BCUT2D eigenvalue weighted by Crippen LogP contribution is -2.54. The molecule has 5 nitrogen and oxygen atoms in total. The summed E-state index contributed by atoms with van der Waals surface area (Å²) in [7, 11) is 1.58. The first kappa shape index (κ1) is 15.7. The van der Waals surface area contributed by atoms with E-state index >= 15 is 0 Å². The van der Waals surface area contributed by atoms with Gasteiger partial charge in [0.2, 0.25) is 5.91 Å². The highest BCUT2D eigenvalue weighted by Gasteiger charge is 2.41. The number of piperidine rings is 2. The molecule has 2 aliphatic rings. The van der Waals surface area contributed by atoms with E-state index in [-0.39, 0.29) is 35.9 Å². The summed E-state index contributed by atoms with van der Waals surface area (Å²) in [5, 5.41) is 0. The van der Waals surface area contributed by atoms with E-state index in [0.717, 1.165) is 12.8 Å². The molecule has 3 rings (SSSR count). The van der Waals surface area contributed by atoms with Gasteiger partial charge in [0.15, 0.2) is 5.78 Å². The third kappa shape index (κ3) is 3.14. The molecule has 2 fully saturated rings. The van der Waals surface area contributed by atoms with Crippen LogP contribution in [0, 0.1) is 5.92 Å². The number of carbonyl (C=O) groups is 3. The van der Waals surface area contributed by atoms with Gasteiger partial charge in [0, 0.05) is 43.3 Å². The number of ketones is 2. The Labute approximate surface area is 135 Å². The molecule has 2 saturated heterocycles. The molecular formula is C18H21NO4. The van der Waals surface area contributed by atoms with Crippen LogP contribution < -0.4 is 4.74 Å². The molecule has 23 heavy (non-hydrogen) atoms. The number of carbonyl (C=O) groups excluding carboxylic acids is 3. The second-order valence-corrected chi connectivity index (χ2v) is 6.23. The Bertz CT molecular complexity index is 622. The molecule has 0 N–H and O–H groups in total. The highest BCUT2D eigenvalue weighted by Crippen LogP contribution is 2.32. The lowest BCUT2D eigenvalue weighted by atomic mass is 9.79. The minimum absolute atomic E-state index is 0.0501. The van der Waals surface area contributed by atoms with Crippen LogP contribution in [0.25, 0.3) is 0 Å². The second kappa shape index (κ2) is 6.52. The van der Waals surface area contributed by atoms with E-state index in [1.807, 2.05) is 4.90 Å². The maximum absolute atomic E-state index is 12.5. The Kier molecular flexibility index (Phi) is 4.46. The maximum atomic E-state index is 12.5. The number of benzene rings is 1.